The summed E-state index contributed by atoms with van der Waals surface area (Å²) in [5.74, 6) is -0.514. The Bertz CT molecular complexity index is 460. The number of hydrogen-bond donors (Lipinski definition) is 2. The van der Waals surface area contributed by atoms with E-state index in [1.54, 1.807) is 6.92 Å². The number of carbonyl (C=O) groups is 1. The second kappa shape index (κ2) is 16.2. The number of carbonyl (C=O) groups excluding carboxylic acids is 1. The van der Waals surface area contributed by atoms with Crippen LogP contribution in [-0.4, -0.2) is 28.5 Å². The van der Waals surface area contributed by atoms with E-state index in [-0.39, 0.29) is 18.1 Å². The van der Waals surface area contributed by atoms with E-state index in [1.165, 1.54) is 38.5 Å². The number of unbranched alkanes of at least 4 members (excludes halogenated alkanes) is 8. The first-order chi connectivity index (χ1) is 13.2. The molecule has 1 atom stereocenters. The van der Waals surface area contributed by atoms with Gasteiger partial charge in [0.05, 0.1) is 6.61 Å². The molecule has 0 aromatic rings. The van der Waals surface area contributed by atoms with Gasteiger partial charge in [-0.3, -0.25) is 4.52 Å². The highest BCUT2D eigenvalue weighted by molar-refractivity contribution is 7.46. The fraction of sp³-hybridized carbons (Fsp3) is 0.857. The summed E-state index contributed by atoms with van der Waals surface area (Å²) in [5.41, 5.74) is 0.269. The Hall–Kier alpha value is -0.680. The maximum atomic E-state index is 12.0. The predicted octanol–water partition coefficient (Wildman–Crippen LogP) is 5.92. The molecule has 28 heavy (non-hydrogen) atoms. The Morgan fingerprint density at radius 3 is 1.79 bits per heavy atom. The second-order valence-corrected chi connectivity index (χ2v) is 8.92. The molecule has 0 spiro atoms. The van der Waals surface area contributed by atoms with Crippen molar-refractivity contribution >= 4 is 13.8 Å². The van der Waals surface area contributed by atoms with Gasteiger partial charge in [-0.15, -0.1) is 0 Å². The third kappa shape index (κ3) is 15.3. The number of esters is 1. The first kappa shape index (κ1) is 27.3. The molecule has 0 rings (SSSR count). The molecule has 0 aromatic carbocycles. The molecule has 0 aromatic heterocycles. The Morgan fingerprint density at radius 1 is 0.929 bits per heavy atom. The highest BCUT2D eigenvalue weighted by Crippen LogP contribution is 2.37. The lowest BCUT2D eigenvalue weighted by Gasteiger charge is -2.27. The molecule has 166 valence electrons. The van der Waals surface area contributed by atoms with E-state index in [0.717, 1.165) is 38.5 Å². The lowest BCUT2D eigenvalue weighted by atomic mass is 9.89. The van der Waals surface area contributed by atoms with Crippen molar-refractivity contribution in [1.29, 1.82) is 0 Å². The molecule has 0 saturated heterocycles. The Balaban J connectivity index is 4.95. The van der Waals surface area contributed by atoms with Gasteiger partial charge in [0, 0.05) is 5.57 Å². The molecular weight excluding hydrogens is 379 g/mol. The van der Waals surface area contributed by atoms with Crippen LogP contribution in [0.25, 0.3) is 0 Å². The first-order valence-electron chi connectivity index (χ1n) is 10.8. The normalized spacial score (nSPS) is 12.9. The average Bonchev–Trinajstić information content (AvgIpc) is 2.62. The molecule has 1 unspecified atom stereocenters. The molecule has 0 heterocycles. The monoisotopic (exact) mass is 420 g/mol. The molecular formula is C21H41O6P. The highest BCUT2D eigenvalue weighted by atomic mass is 31.2. The molecule has 0 saturated carbocycles. The minimum absolute atomic E-state index is 0.0260. The minimum atomic E-state index is -4.62. The summed E-state index contributed by atoms with van der Waals surface area (Å²) in [4.78, 5) is 30.2. The predicted molar refractivity (Wildman–Crippen MR) is 113 cm³/mol. The Kier molecular flexibility index (Phi) is 15.8. The zero-order valence-electron chi connectivity index (χ0n) is 18.0. The molecule has 0 aliphatic heterocycles. The maximum Gasteiger partial charge on any atom is 0.469 e. The van der Waals surface area contributed by atoms with Gasteiger partial charge in [-0.1, -0.05) is 84.6 Å². The molecule has 0 aliphatic carbocycles. The van der Waals surface area contributed by atoms with Gasteiger partial charge in [-0.25, -0.2) is 9.36 Å². The molecule has 0 amide bonds. The van der Waals surface area contributed by atoms with Crippen LogP contribution in [0.4, 0.5) is 0 Å². The van der Waals surface area contributed by atoms with Gasteiger partial charge < -0.3 is 14.5 Å². The number of phosphoric ester groups is 1. The van der Waals surface area contributed by atoms with Gasteiger partial charge in [-0.2, -0.15) is 0 Å². The summed E-state index contributed by atoms with van der Waals surface area (Å²) < 4.78 is 21.4. The van der Waals surface area contributed by atoms with Crippen LogP contribution in [0.2, 0.25) is 0 Å². The smallest absolute Gasteiger partial charge is 0.456 e. The summed E-state index contributed by atoms with van der Waals surface area (Å²) in [6, 6.07) is 0. The molecule has 0 radical (unpaired) electrons. The zero-order chi connectivity index (χ0) is 21.4. The topological polar surface area (TPSA) is 93.1 Å². The number of phosphoric acid groups is 1. The van der Waals surface area contributed by atoms with Crippen LogP contribution in [0.5, 0.6) is 0 Å². The van der Waals surface area contributed by atoms with Crippen molar-refractivity contribution in [3.63, 3.8) is 0 Å². The number of rotatable bonds is 18. The van der Waals surface area contributed by atoms with Crippen LogP contribution < -0.4 is 0 Å². The summed E-state index contributed by atoms with van der Waals surface area (Å²) >= 11 is 0. The van der Waals surface area contributed by atoms with E-state index in [1.807, 2.05) is 0 Å². The maximum absolute atomic E-state index is 12.0. The minimum Gasteiger partial charge on any atom is -0.456 e. The Labute approximate surface area is 171 Å². The van der Waals surface area contributed by atoms with Crippen molar-refractivity contribution in [2.45, 2.75) is 104 Å². The van der Waals surface area contributed by atoms with E-state index < -0.39 is 19.9 Å². The summed E-state index contributed by atoms with van der Waals surface area (Å²) in [5, 5.41) is 0. The largest absolute Gasteiger partial charge is 0.469 e. The quantitative estimate of drug-likeness (QED) is 0.124. The fourth-order valence-electron chi connectivity index (χ4n) is 3.21. The number of hydrogen-bond acceptors (Lipinski definition) is 4. The molecule has 0 bridgehead atoms. The lowest BCUT2D eigenvalue weighted by Crippen LogP contribution is -2.31. The molecule has 0 fully saturated rings. The molecule has 6 nitrogen and oxygen atoms in total. The summed E-state index contributed by atoms with van der Waals surface area (Å²) in [6.45, 7) is 9.21. The average molecular weight is 421 g/mol. The van der Waals surface area contributed by atoms with Gasteiger partial charge in [-0.05, 0) is 25.7 Å². The van der Waals surface area contributed by atoms with E-state index in [0.29, 0.717) is 0 Å². The van der Waals surface area contributed by atoms with Crippen molar-refractivity contribution in [2.24, 2.45) is 5.92 Å². The van der Waals surface area contributed by atoms with E-state index in [9.17, 15) is 9.36 Å². The van der Waals surface area contributed by atoms with Gasteiger partial charge in [0.15, 0.2) is 0 Å². The first-order valence-corrected chi connectivity index (χ1v) is 12.3. The van der Waals surface area contributed by atoms with Gasteiger partial charge in [0.1, 0.15) is 6.10 Å². The van der Waals surface area contributed by atoms with Crippen molar-refractivity contribution in [3.8, 4) is 0 Å². The molecule has 7 heteroatoms. The van der Waals surface area contributed by atoms with Crippen LogP contribution in [0.1, 0.15) is 97.8 Å². The van der Waals surface area contributed by atoms with E-state index in [2.05, 4.69) is 20.4 Å². The van der Waals surface area contributed by atoms with Crippen molar-refractivity contribution in [1.82, 2.24) is 0 Å². The van der Waals surface area contributed by atoms with Gasteiger partial charge >= 0.3 is 13.8 Å². The van der Waals surface area contributed by atoms with E-state index in [4.69, 9.17) is 19.0 Å². The standard InChI is InChI=1S/C21H41O6P/c1-5-7-9-11-13-15-19(16-14-12-10-8-6-2)20(17-26-28(23,24)25)27-21(22)18(3)4/h19-20H,3,5-17H2,1-2,4H3,(H2,23,24,25). The molecule has 0 aliphatic rings. The lowest BCUT2D eigenvalue weighted by molar-refractivity contribution is -0.149. The van der Waals surface area contributed by atoms with Crippen molar-refractivity contribution in [2.75, 3.05) is 6.61 Å². The van der Waals surface area contributed by atoms with Crippen LogP contribution in [0.15, 0.2) is 12.2 Å². The third-order valence-electron chi connectivity index (χ3n) is 4.90. The van der Waals surface area contributed by atoms with Crippen LogP contribution >= 0.6 is 7.82 Å². The van der Waals surface area contributed by atoms with Crippen LogP contribution in [-0.2, 0) is 18.6 Å². The van der Waals surface area contributed by atoms with Gasteiger partial charge in [0.25, 0.3) is 0 Å². The third-order valence-corrected chi connectivity index (χ3v) is 5.38. The SMILES string of the molecule is C=C(C)C(=O)OC(COP(=O)(O)O)C(CCCCCCC)CCCCCCC. The summed E-state index contributed by atoms with van der Waals surface area (Å²) in [7, 11) is -4.62. The van der Waals surface area contributed by atoms with E-state index >= 15 is 0 Å². The Morgan fingerprint density at radius 2 is 1.39 bits per heavy atom. The fourth-order valence-corrected chi connectivity index (χ4v) is 3.55. The van der Waals surface area contributed by atoms with Crippen LogP contribution in [0.3, 0.4) is 0 Å². The molecule has 2 N–H and O–H groups in total. The van der Waals surface area contributed by atoms with Crippen LogP contribution in [0, 0.1) is 5.92 Å². The van der Waals surface area contributed by atoms with Gasteiger partial charge in [0.2, 0.25) is 0 Å². The van der Waals surface area contributed by atoms with Crippen molar-refractivity contribution < 1.29 is 28.4 Å². The highest BCUT2D eigenvalue weighted by Gasteiger charge is 2.28. The summed E-state index contributed by atoms with van der Waals surface area (Å²) in [6.07, 6.45) is 12.4. The zero-order valence-corrected chi connectivity index (χ0v) is 18.9. The number of ether oxygens (including phenoxy) is 1. The van der Waals surface area contributed by atoms with Crippen molar-refractivity contribution in [3.05, 3.63) is 12.2 Å². The second-order valence-electron chi connectivity index (χ2n) is 7.68.